The Bertz CT molecular complexity index is 945. The molecule has 0 fully saturated rings. The number of allylic oxidation sites excluding steroid dienone is 1. The molecule has 1 aliphatic rings. The summed E-state index contributed by atoms with van der Waals surface area (Å²) < 4.78 is 14.6. The first-order valence-corrected chi connectivity index (χ1v) is 9.46. The highest BCUT2D eigenvalue weighted by Gasteiger charge is 2.23. The van der Waals surface area contributed by atoms with Crippen molar-refractivity contribution >= 4 is 28.2 Å². The van der Waals surface area contributed by atoms with Gasteiger partial charge in [0.15, 0.2) is 0 Å². The van der Waals surface area contributed by atoms with Crippen molar-refractivity contribution in [3.05, 3.63) is 70.6 Å². The van der Waals surface area contributed by atoms with Crippen molar-refractivity contribution in [3.8, 4) is 0 Å². The summed E-state index contributed by atoms with van der Waals surface area (Å²) in [5.41, 5.74) is 5.05. The van der Waals surface area contributed by atoms with E-state index in [1.165, 1.54) is 17.8 Å². The van der Waals surface area contributed by atoms with Crippen molar-refractivity contribution in [2.24, 2.45) is 9.98 Å². The Labute approximate surface area is 157 Å². The lowest BCUT2D eigenvalue weighted by Crippen LogP contribution is -2.14. The number of aliphatic imine (C=N–C) groups is 2. The van der Waals surface area contributed by atoms with E-state index >= 15 is 0 Å². The first-order chi connectivity index (χ1) is 12.4. The maximum absolute atomic E-state index is 14.6. The van der Waals surface area contributed by atoms with Crippen molar-refractivity contribution < 1.29 is 4.39 Å². The van der Waals surface area contributed by atoms with Crippen LogP contribution in [0.5, 0.6) is 0 Å². The van der Waals surface area contributed by atoms with Gasteiger partial charge in [-0.25, -0.2) is 14.4 Å². The molecule has 134 valence electrons. The van der Waals surface area contributed by atoms with Crippen LogP contribution in [0.3, 0.4) is 0 Å². The van der Waals surface area contributed by atoms with E-state index in [-0.39, 0.29) is 5.82 Å². The number of hydrogen-bond acceptors (Lipinski definition) is 5. The van der Waals surface area contributed by atoms with Crippen LogP contribution in [0.2, 0.25) is 0 Å². The Hall–Kier alpha value is -2.47. The molecule has 4 nitrogen and oxygen atoms in total. The van der Waals surface area contributed by atoms with Gasteiger partial charge in [0.05, 0.1) is 11.4 Å². The summed E-state index contributed by atoms with van der Waals surface area (Å²) in [6, 6.07) is 8.59. The molecule has 0 spiro atoms. The predicted octanol–water partition coefficient (Wildman–Crippen LogP) is 4.57. The van der Waals surface area contributed by atoms with Gasteiger partial charge in [0.2, 0.25) is 0 Å². The first-order valence-electron chi connectivity index (χ1n) is 8.24. The molecule has 0 aliphatic carbocycles. The molecule has 0 saturated heterocycles. The highest BCUT2D eigenvalue weighted by Crippen LogP contribution is 2.32. The normalized spacial score (nSPS) is 15.6. The Kier molecular flexibility index (Phi) is 5.23. The highest BCUT2D eigenvalue weighted by atomic mass is 32.2. The minimum atomic E-state index is -0.313. The van der Waals surface area contributed by atoms with Crippen LogP contribution in [-0.4, -0.2) is 41.0 Å². The van der Waals surface area contributed by atoms with E-state index in [0.717, 1.165) is 33.4 Å². The lowest BCUT2D eigenvalue weighted by molar-refractivity contribution is 0.509. The largest absolute Gasteiger partial charge is 0.379 e. The number of halogens is 1. The topological polar surface area (TPSA) is 40.9 Å². The second-order valence-corrected chi connectivity index (χ2v) is 7.03. The quantitative estimate of drug-likeness (QED) is 0.780. The maximum Gasteiger partial charge on any atom is 0.132 e. The standard InChI is InChI=1S/C20H21FN4S/c1-12-10-17-15(11-22-12)19(14-8-6-7-9-16(14)21)24-18(13(2)25(3)4)20(23-17)26-5/h6-11H,1-5H3. The highest BCUT2D eigenvalue weighted by molar-refractivity contribution is 8.13. The fourth-order valence-corrected chi connectivity index (χ4v) is 3.23. The summed E-state index contributed by atoms with van der Waals surface area (Å²) in [7, 11) is 3.92. The molecule has 0 amide bonds. The van der Waals surface area contributed by atoms with E-state index in [0.29, 0.717) is 11.3 Å². The second-order valence-electron chi connectivity index (χ2n) is 6.23. The maximum atomic E-state index is 14.6. The molecule has 0 N–H and O–H groups in total. The second kappa shape index (κ2) is 7.41. The zero-order chi connectivity index (χ0) is 18.8. The fraction of sp³-hybridized carbons (Fsp3) is 0.250. The molecule has 1 aromatic heterocycles. The van der Waals surface area contributed by atoms with Crippen LogP contribution in [-0.2, 0) is 0 Å². The van der Waals surface area contributed by atoms with E-state index < -0.39 is 0 Å². The Balaban J connectivity index is 2.38. The number of fused-ring (bicyclic) bond motifs is 1. The molecule has 26 heavy (non-hydrogen) atoms. The summed E-state index contributed by atoms with van der Waals surface area (Å²) >= 11 is 1.53. The van der Waals surface area contributed by atoms with Crippen LogP contribution >= 0.6 is 11.8 Å². The van der Waals surface area contributed by atoms with Gasteiger partial charge in [0, 0.05) is 42.8 Å². The fourth-order valence-electron chi connectivity index (χ4n) is 2.65. The number of pyridine rings is 1. The summed E-state index contributed by atoms with van der Waals surface area (Å²) in [5.74, 6) is -0.313. The Morgan fingerprint density at radius 2 is 1.85 bits per heavy atom. The van der Waals surface area contributed by atoms with Gasteiger partial charge >= 0.3 is 0 Å². The Morgan fingerprint density at radius 1 is 1.12 bits per heavy atom. The molecule has 2 heterocycles. The number of rotatable bonds is 2. The van der Waals surface area contributed by atoms with Crippen LogP contribution in [0, 0.1) is 12.7 Å². The van der Waals surface area contributed by atoms with Crippen molar-refractivity contribution in [1.82, 2.24) is 9.88 Å². The Morgan fingerprint density at radius 3 is 2.50 bits per heavy atom. The number of aryl methyl sites for hydroxylation is 1. The molecule has 3 rings (SSSR count). The molecule has 0 unspecified atom stereocenters. The molecule has 1 aromatic carbocycles. The number of hydrogen-bond donors (Lipinski definition) is 0. The van der Waals surface area contributed by atoms with Crippen molar-refractivity contribution in [1.29, 1.82) is 0 Å². The smallest absolute Gasteiger partial charge is 0.132 e. The number of aromatic nitrogens is 1. The van der Waals surface area contributed by atoms with E-state index in [1.54, 1.807) is 18.3 Å². The lowest BCUT2D eigenvalue weighted by atomic mass is 10.0. The van der Waals surface area contributed by atoms with E-state index in [9.17, 15) is 4.39 Å². The van der Waals surface area contributed by atoms with E-state index in [1.807, 2.05) is 51.2 Å². The van der Waals surface area contributed by atoms with Crippen LogP contribution in [0.4, 0.5) is 10.1 Å². The zero-order valence-corrected chi connectivity index (χ0v) is 16.4. The predicted molar refractivity (Wildman–Crippen MR) is 108 cm³/mol. The zero-order valence-electron chi connectivity index (χ0n) is 15.5. The molecule has 0 atom stereocenters. The van der Waals surface area contributed by atoms with Gasteiger partial charge in [-0.05, 0) is 38.3 Å². The van der Waals surface area contributed by atoms with Gasteiger partial charge < -0.3 is 4.90 Å². The average Bonchev–Trinajstić information content (AvgIpc) is 2.77. The first kappa shape index (κ1) is 18.3. The van der Waals surface area contributed by atoms with Gasteiger partial charge in [0.25, 0.3) is 0 Å². The van der Waals surface area contributed by atoms with Gasteiger partial charge in [-0.3, -0.25) is 4.98 Å². The average molecular weight is 368 g/mol. The van der Waals surface area contributed by atoms with E-state index in [4.69, 9.17) is 9.98 Å². The van der Waals surface area contributed by atoms with Gasteiger partial charge in [-0.15, -0.1) is 11.8 Å². The summed E-state index contributed by atoms with van der Waals surface area (Å²) in [4.78, 5) is 16.1. The monoisotopic (exact) mass is 368 g/mol. The summed E-state index contributed by atoms with van der Waals surface area (Å²) in [6.07, 6.45) is 3.70. The molecule has 0 bridgehead atoms. The molecule has 1 aliphatic heterocycles. The van der Waals surface area contributed by atoms with Gasteiger partial charge in [-0.1, -0.05) is 12.1 Å². The minimum absolute atomic E-state index is 0.313. The molecule has 6 heteroatoms. The van der Waals surface area contributed by atoms with Gasteiger partial charge in [0.1, 0.15) is 16.6 Å². The van der Waals surface area contributed by atoms with Crippen molar-refractivity contribution in [2.75, 3.05) is 20.4 Å². The van der Waals surface area contributed by atoms with Crippen molar-refractivity contribution in [2.45, 2.75) is 13.8 Å². The SMILES string of the molecule is CSC1=Nc2cc(C)ncc2C(c2ccccc2F)=NC1=C(C)N(C)C. The summed E-state index contributed by atoms with van der Waals surface area (Å²) in [6.45, 7) is 3.91. The van der Waals surface area contributed by atoms with E-state index in [2.05, 4.69) is 4.98 Å². The van der Waals surface area contributed by atoms with Crippen LogP contribution in [0.25, 0.3) is 0 Å². The van der Waals surface area contributed by atoms with Crippen LogP contribution in [0.15, 0.2) is 57.9 Å². The number of thioether (sulfide) groups is 1. The van der Waals surface area contributed by atoms with Crippen LogP contribution < -0.4 is 0 Å². The summed E-state index contributed by atoms with van der Waals surface area (Å²) in [5, 5.41) is 0.800. The minimum Gasteiger partial charge on any atom is -0.379 e. The molecular weight excluding hydrogens is 347 g/mol. The lowest BCUT2D eigenvalue weighted by Gasteiger charge is -2.17. The third-order valence-electron chi connectivity index (χ3n) is 4.26. The molecule has 0 radical (unpaired) electrons. The third kappa shape index (κ3) is 3.42. The molecule has 0 saturated carbocycles. The van der Waals surface area contributed by atoms with Crippen LogP contribution in [0.1, 0.15) is 23.7 Å². The molecular formula is C20H21FN4S. The number of nitrogens with zero attached hydrogens (tertiary/aromatic N) is 4. The van der Waals surface area contributed by atoms with Gasteiger partial charge in [-0.2, -0.15) is 0 Å². The number of benzene rings is 1. The third-order valence-corrected chi connectivity index (χ3v) is 4.93. The molecule has 2 aromatic rings. The van der Waals surface area contributed by atoms with Crippen molar-refractivity contribution in [3.63, 3.8) is 0 Å².